The van der Waals surface area contributed by atoms with Gasteiger partial charge in [0.25, 0.3) is 5.91 Å². The van der Waals surface area contributed by atoms with E-state index in [0.29, 0.717) is 41.5 Å². The van der Waals surface area contributed by atoms with Crippen LogP contribution in [0.15, 0.2) is 54.7 Å². The van der Waals surface area contributed by atoms with Crippen molar-refractivity contribution in [1.82, 2.24) is 4.98 Å². The zero-order valence-corrected chi connectivity index (χ0v) is 16.1. The third kappa shape index (κ3) is 4.25. The van der Waals surface area contributed by atoms with Crippen molar-refractivity contribution in [3.05, 3.63) is 76.3 Å². The number of hydrogen-bond acceptors (Lipinski definition) is 6. The first-order valence-corrected chi connectivity index (χ1v) is 9.73. The molecule has 2 heterocycles. The van der Waals surface area contributed by atoms with Crippen LogP contribution in [0.5, 0.6) is 0 Å². The molecule has 1 fully saturated rings. The van der Waals surface area contributed by atoms with E-state index in [4.69, 9.17) is 10.00 Å². The number of carbonyl (C=O) groups excluding carboxylic acids is 2. The third-order valence-electron chi connectivity index (χ3n) is 4.42. The average molecular weight is 404 g/mol. The first-order chi connectivity index (χ1) is 14.1. The van der Waals surface area contributed by atoms with Crippen molar-refractivity contribution in [2.75, 3.05) is 23.4 Å². The van der Waals surface area contributed by atoms with Crippen molar-refractivity contribution in [1.29, 1.82) is 5.26 Å². The van der Waals surface area contributed by atoms with E-state index in [1.54, 1.807) is 42.6 Å². The van der Waals surface area contributed by atoms with Crippen LogP contribution in [-0.2, 0) is 11.2 Å². The Morgan fingerprint density at radius 1 is 1.28 bits per heavy atom. The molecule has 4 rings (SSSR count). The van der Waals surface area contributed by atoms with E-state index >= 15 is 0 Å². The molecule has 0 bridgehead atoms. The van der Waals surface area contributed by atoms with Crippen LogP contribution < -0.4 is 10.2 Å². The predicted octanol–water partition coefficient (Wildman–Crippen LogP) is 3.81. The Hall–Kier alpha value is -3.70. The van der Waals surface area contributed by atoms with Gasteiger partial charge in [-0.15, -0.1) is 11.3 Å². The van der Waals surface area contributed by atoms with Crippen LogP contribution in [0.4, 0.5) is 15.6 Å². The van der Waals surface area contributed by atoms with E-state index < -0.39 is 6.09 Å². The van der Waals surface area contributed by atoms with Crippen LogP contribution in [0.2, 0.25) is 0 Å². The second kappa shape index (κ2) is 8.12. The highest BCUT2D eigenvalue weighted by atomic mass is 32.1. The second-order valence-electron chi connectivity index (χ2n) is 6.39. The number of nitriles is 1. The van der Waals surface area contributed by atoms with Crippen molar-refractivity contribution < 1.29 is 14.3 Å². The quantitative estimate of drug-likeness (QED) is 0.698. The molecule has 0 radical (unpaired) electrons. The molecule has 1 N–H and O–H groups in total. The summed E-state index contributed by atoms with van der Waals surface area (Å²) in [6.07, 6.45) is 2.00. The molecule has 0 unspecified atom stereocenters. The van der Waals surface area contributed by atoms with E-state index in [1.165, 1.54) is 16.2 Å². The lowest BCUT2D eigenvalue weighted by Gasteiger charge is -2.13. The van der Waals surface area contributed by atoms with Gasteiger partial charge in [-0.2, -0.15) is 5.26 Å². The molecular weight excluding hydrogens is 388 g/mol. The molecule has 8 heteroatoms. The summed E-state index contributed by atoms with van der Waals surface area (Å²) in [6.45, 7) is 0.811. The van der Waals surface area contributed by atoms with Crippen molar-refractivity contribution >= 4 is 34.2 Å². The van der Waals surface area contributed by atoms with E-state index in [0.717, 1.165) is 10.4 Å². The molecule has 0 atom stereocenters. The number of benzene rings is 2. The van der Waals surface area contributed by atoms with Crippen molar-refractivity contribution in [3.8, 4) is 6.07 Å². The highest BCUT2D eigenvalue weighted by Crippen LogP contribution is 2.24. The van der Waals surface area contributed by atoms with Gasteiger partial charge in [0.2, 0.25) is 0 Å². The lowest BCUT2D eigenvalue weighted by molar-refractivity contribution is 0.102. The molecule has 7 nitrogen and oxygen atoms in total. The minimum absolute atomic E-state index is 0.293. The smallest absolute Gasteiger partial charge is 0.414 e. The molecule has 144 valence electrons. The van der Waals surface area contributed by atoms with Gasteiger partial charge in [0.15, 0.2) is 5.13 Å². The SMILES string of the molecule is N#Cc1ccc(Cc2cnc(NC(=O)c3cccc(N4CCOC4=O)c3)s2)cc1. The molecule has 1 aliphatic heterocycles. The first kappa shape index (κ1) is 18.7. The molecule has 2 aromatic carbocycles. The standard InChI is InChI=1S/C21H16N4O3S/c22-12-15-6-4-14(5-7-15)10-18-13-23-20(29-18)24-19(26)16-2-1-3-17(11-16)25-8-9-28-21(25)27/h1-7,11,13H,8-10H2,(H,23,24,26). The number of carbonyl (C=O) groups is 2. The zero-order chi connectivity index (χ0) is 20.2. The second-order valence-corrected chi connectivity index (χ2v) is 7.50. The molecule has 0 aliphatic carbocycles. The Balaban J connectivity index is 1.42. The maximum absolute atomic E-state index is 12.6. The van der Waals surface area contributed by atoms with Gasteiger partial charge in [0.1, 0.15) is 6.61 Å². The predicted molar refractivity (Wildman–Crippen MR) is 109 cm³/mol. The lowest BCUT2D eigenvalue weighted by atomic mass is 10.1. The van der Waals surface area contributed by atoms with Gasteiger partial charge in [-0.05, 0) is 35.9 Å². The van der Waals surface area contributed by atoms with Crippen molar-refractivity contribution in [2.24, 2.45) is 0 Å². The molecule has 2 amide bonds. The van der Waals surface area contributed by atoms with E-state index in [1.807, 2.05) is 12.1 Å². The molecule has 1 saturated heterocycles. The van der Waals surface area contributed by atoms with E-state index in [-0.39, 0.29) is 5.91 Å². The number of aromatic nitrogens is 1. The van der Waals surface area contributed by atoms with Gasteiger partial charge in [-0.25, -0.2) is 9.78 Å². The van der Waals surface area contributed by atoms with Gasteiger partial charge in [-0.3, -0.25) is 15.0 Å². The van der Waals surface area contributed by atoms with Gasteiger partial charge in [0.05, 0.1) is 18.2 Å². The number of ether oxygens (including phenoxy) is 1. The average Bonchev–Trinajstić information content (AvgIpc) is 3.37. The van der Waals surface area contributed by atoms with Crippen LogP contribution >= 0.6 is 11.3 Å². The molecule has 0 saturated carbocycles. The van der Waals surface area contributed by atoms with E-state index in [9.17, 15) is 9.59 Å². The topological polar surface area (TPSA) is 95.3 Å². The summed E-state index contributed by atoms with van der Waals surface area (Å²) in [5.74, 6) is -0.293. The normalized spacial score (nSPS) is 13.1. The monoisotopic (exact) mass is 404 g/mol. The summed E-state index contributed by atoms with van der Waals surface area (Å²) in [4.78, 5) is 31.1. The number of anilines is 2. The molecular formula is C21H16N4O3S. The maximum Gasteiger partial charge on any atom is 0.414 e. The Labute approximate surface area is 171 Å². The first-order valence-electron chi connectivity index (χ1n) is 8.92. The Morgan fingerprint density at radius 2 is 2.10 bits per heavy atom. The minimum Gasteiger partial charge on any atom is -0.447 e. The number of hydrogen-bond donors (Lipinski definition) is 1. The Kier molecular flexibility index (Phi) is 5.22. The summed E-state index contributed by atoms with van der Waals surface area (Å²) in [5, 5.41) is 12.2. The number of nitrogens with zero attached hydrogens (tertiary/aromatic N) is 3. The molecule has 3 aromatic rings. The highest BCUT2D eigenvalue weighted by molar-refractivity contribution is 7.15. The summed E-state index contributed by atoms with van der Waals surface area (Å²) >= 11 is 1.40. The number of rotatable bonds is 5. The Bertz CT molecular complexity index is 1100. The zero-order valence-electron chi connectivity index (χ0n) is 15.3. The summed E-state index contributed by atoms with van der Waals surface area (Å²) in [7, 11) is 0. The maximum atomic E-state index is 12.6. The van der Waals surface area contributed by atoms with Crippen LogP contribution in [0.1, 0.15) is 26.4 Å². The fraction of sp³-hybridized carbons (Fsp3) is 0.143. The lowest BCUT2D eigenvalue weighted by Crippen LogP contribution is -2.23. The fourth-order valence-electron chi connectivity index (χ4n) is 2.96. The third-order valence-corrected chi connectivity index (χ3v) is 5.33. The minimum atomic E-state index is -0.407. The van der Waals surface area contributed by atoms with Crippen molar-refractivity contribution in [3.63, 3.8) is 0 Å². The van der Waals surface area contributed by atoms with Gasteiger partial charge in [-0.1, -0.05) is 18.2 Å². The van der Waals surface area contributed by atoms with Gasteiger partial charge < -0.3 is 4.74 Å². The largest absolute Gasteiger partial charge is 0.447 e. The van der Waals surface area contributed by atoms with Crippen molar-refractivity contribution in [2.45, 2.75) is 6.42 Å². The summed E-state index contributed by atoms with van der Waals surface area (Å²) in [6, 6.07) is 16.3. The Morgan fingerprint density at radius 3 is 2.83 bits per heavy atom. The summed E-state index contributed by atoms with van der Waals surface area (Å²) < 4.78 is 4.94. The fourth-order valence-corrected chi connectivity index (χ4v) is 3.80. The summed E-state index contributed by atoms with van der Waals surface area (Å²) in [5.41, 5.74) is 2.75. The van der Waals surface area contributed by atoms with Gasteiger partial charge >= 0.3 is 6.09 Å². The molecule has 29 heavy (non-hydrogen) atoms. The van der Waals surface area contributed by atoms with Crippen LogP contribution in [-0.4, -0.2) is 30.1 Å². The van der Waals surface area contributed by atoms with Crippen LogP contribution in [0.25, 0.3) is 0 Å². The molecule has 1 aromatic heterocycles. The number of thiazole rings is 1. The highest BCUT2D eigenvalue weighted by Gasteiger charge is 2.24. The van der Waals surface area contributed by atoms with Crippen LogP contribution in [0, 0.1) is 11.3 Å². The van der Waals surface area contributed by atoms with Gasteiger partial charge in [0, 0.05) is 28.7 Å². The van der Waals surface area contributed by atoms with E-state index in [2.05, 4.69) is 16.4 Å². The number of amides is 2. The molecule has 1 aliphatic rings. The number of nitrogens with one attached hydrogen (secondary N) is 1. The molecule has 0 spiro atoms. The number of cyclic esters (lactones) is 1. The van der Waals surface area contributed by atoms with Crippen LogP contribution in [0.3, 0.4) is 0 Å².